The van der Waals surface area contributed by atoms with Gasteiger partial charge in [0.05, 0.1) is 30.4 Å². The number of piperidine rings is 1. The molecule has 3 aromatic rings. The molecule has 0 radical (unpaired) electrons. The lowest BCUT2D eigenvalue weighted by atomic mass is 9.97. The molecule has 2 saturated heterocycles. The summed E-state index contributed by atoms with van der Waals surface area (Å²) < 4.78 is 0. The number of anilines is 3. The number of hydrogen-bond donors (Lipinski definition) is 4. The van der Waals surface area contributed by atoms with Gasteiger partial charge in [-0.15, -0.1) is 0 Å². The van der Waals surface area contributed by atoms with E-state index in [9.17, 15) is 5.11 Å². The number of aromatic nitrogens is 4. The molecule has 0 saturated carbocycles. The van der Waals surface area contributed by atoms with Gasteiger partial charge in [0.2, 0.25) is 0 Å². The summed E-state index contributed by atoms with van der Waals surface area (Å²) in [4.78, 5) is 11.8. The summed E-state index contributed by atoms with van der Waals surface area (Å²) in [6, 6.07) is 11.1. The summed E-state index contributed by atoms with van der Waals surface area (Å²) in [7, 11) is 0. The van der Waals surface area contributed by atoms with Crippen molar-refractivity contribution in [3.63, 3.8) is 0 Å². The SMILES string of the molecule is Cc1cc(Nc2cc3nc(CO)ccc3c(NC3C[C@H]4CC[C@@H](C3)N4CC#N)n2)n[nH]1. The molecule has 4 N–H and O–H groups in total. The van der Waals surface area contributed by atoms with Crippen LogP contribution in [0.1, 0.15) is 37.1 Å². The molecule has 1 unspecified atom stereocenters. The molecule has 5 heterocycles. The van der Waals surface area contributed by atoms with E-state index in [-0.39, 0.29) is 6.61 Å². The number of hydrogen-bond acceptors (Lipinski definition) is 8. The first-order chi connectivity index (χ1) is 15.1. The van der Waals surface area contributed by atoms with Crippen molar-refractivity contribution in [1.82, 2.24) is 25.1 Å². The Morgan fingerprint density at radius 3 is 2.68 bits per heavy atom. The molecule has 3 aromatic heterocycles. The minimum absolute atomic E-state index is 0.108. The molecule has 0 aromatic carbocycles. The average molecular weight is 419 g/mol. The fourth-order valence-corrected chi connectivity index (χ4v) is 4.97. The Morgan fingerprint density at radius 1 is 1.19 bits per heavy atom. The molecule has 9 heteroatoms. The van der Waals surface area contributed by atoms with Gasteiger partial charge in [-0.1, -0.05) is 0 Å². The van der Waals surface area contributed by atoms with E-state index in [0.717, 1.165) is 48.1 Å². The van der Waals surface area contributed by atoms with Crippen molar-refractivity contribution >= 4 is 28.4 Å². The Hall–Kier alpha value is -3.22. The van der Waals surface area contributed by atoms with E-state index in [2.05, 4.69) is 36.8 Å². The van der Waals surface area contributed by atoms with Crippen LogP contribution in [0.25, 0.3) is 10.9 Å². The number of rotatable bonds is 6. The number of nitrogens with zero attached hydrogens (tertiary/aromatic N) is 5. The van der Waals surface area contributed by atoms with Gasteiger partial charge < -0.3 is 15.7 Å². The molecule has 2 aliphatic rings. The lowest BCUT2D eigenvalue weighted by molar-refractivity contribution is 0.151. The topological polar surface area (TPSA) is 126 Å². The predicted molar refractivity (Wildman–Crippen MR) is 118 cm³/mol. The highest BCUT2D eigenvalue weighted by atomic mass is 16.3. The van der Waals surface area contributed by atoms with Crippen molar-refractivity contribution in [2.45, 2.75) is 57.3 Å². The third-order valence-corrected chi connectivity index (χ3v) is 6.35. The van der Waals surface area contributed by atoms with Crippen LogP contribution in [0.5, 0.6) is 0 Å². The highest BCUT2D eigenvalue weighted by molar-refractivity contribution is 5.91. The van der Waals surface area contributed by atoms with Crippen molar-refractivity contribution in [1.29, 1.82) is 5.26 Å². The van der Waals surface area contributed by atoms with Crippen molar-refractivity contribution in [3.05, 3.63) is 35.7 Å². The number of pyridine rings is 2. The standard InChI is InChI=1S/C22H26N8O/c1-13-8-21(29-28-13)26-20-11-19-18(5-2-14(12-31)24-19)22(27-20)25-15-9-16-3-4-17(10-15)30(16)7-6-23/h2,5,8,11,15-17,31H,3-4,7,9-10,12H2,1H3,(H3,25,26,27,28,29)/t15?,16-,17+. The minimum atomic E-state index is -0.108. The van der Waals surface area contributed by atoms with Gasteiger partial charge in [-0.2, -0.15) is 10.4 Å². The third kappa shape index (κ3) is 3.92. The van der Waals surface area contributed by atoms with E-state index in [0.29, 0.717) is 42.0 Å². The van der Waals surface area contributed by atoms with Gasteiger partial charge >= 0.3 is 0 Å². The van der Waals surface area contributed by atoms with Crippen molar-refractivity contribution < 1.29 is 5.11 Å². The average Bonchev–Trinajstić information content (AvgIpc) is 3.26. The number of H-pyrrole nitrogens is 1. The summed E-state index contributed by atoms with van der Waals surface area (Å²) in [5, 5.41) is 33.7. The fraction of sp³-hybridized carbons (Fsp3) is 0.455. The summed E-state index contributed by atoms with van der Waals surface area (Å²) in [6.45, 7) is 2.35. The molecular formula is C22H26N8O. The Bertz CT molecular complexity index is 1120. The van der Waals surface area contributed by atoms with Crippen molar-refractivity contribution in [2.75, 3.05) is 17.2 Å². The summed E-state index contributed by atoms with van der Waals surface area (Å²) in [5.41, 5.74) is 2.35. The second-order valence-corrected chi connectivity index (χ2v) is 8.47. The van der Waals surface area contributed by atoms with E-state index < -0.39 is 0 Å². The maximum Gasteiger partial charge on any atom is 0.153 e. The Labute approximate surface area is 180 Å². The lowest BCUT2D eigenvalue weighted by Crippen LogP contribution is -2.47. The van der Waals surface area contributed by atoms with Crippen LogP contribution in [0.3, 0.4) is 0 Å². The molecule has 0 aliphatic carbocycles. The molecule has 0 amide bonds. The number of fused-ring (bicyclic) bond motifs is 3. The highest BCUT2D eigenvalue weighted by Crippen LogP contribution is 2.37. The van der Waals surface area contributed by atoms with E-state index >= 15 is 0 Å². The molecular weight excluding hydrogens is 392 g/mol. The van der Waals surface area contributed by atoms with Crippen LogP contribution in [-0.4, -0.2) is 54.8 Å². The second kappa shape index (κ2) is 8.13. The third-order valence-electron chi connectivity index (χ3n) is 6.35. The van der Waals surface area contributed by atoms with Crippen LogP contribution in [0.4, 0.5) is 17.5 Å². The first-order valence-electron chi connectivity index (χ1n) is 10.7. The number of aromatic amines is 1. The molecule has 2 bridgehead atoms. The van der Waals surface area contributed by atoms with E-state index in [4.69, 9.17) is 10.2 Å². The monoisotopic (exact) mass is 418 g/mol. The first-order valence-corrected chi connectivity index (χ1v) is 10.7. The minimum Gasteiger partial charge on any atom is -0.390 e. The van der Waals surface area contributed by atoms with E-state index in [1.54, 1.807) is 0 Å². The zero-order valence-corrected chi connectivity index (χ0v) is 17.5. The summed E-state index contributed by atoms with van der Waals surface area (Å²) in [6.07, 6.45) is 4.31. The normalized spacial score (nSPS) is 23.1. The number of aliphatic hydroxyl groups excluding tert-OH is 1. The number of nitriles is 1. The van der Waals surface area contributed by atoms with Gasteiger partial charge in [0.1, 0.15) is 11.6 Å². The van der Waals surface area contributed by atoms with Gasteiger partial charge in [0, 0.05) is 41.3 Å². The lowest BCUT2D eigenvalue weighted by Gasteiger charge is -2.38. The molecule has 9 nitrogen and oxygen atoms in total. The Kier molecular flexibility index (Phi) is 5.18. The van der Waals surface area contributed by atoms with Crippen molar-refractivity contribution in [3.8, 4) is 6.07 Å². The van der Waals surface area contributed by atoms with Gasteiger partial charge in [-0.3, -0.25) is 15.0 Å². The molecule has 31 heavy (non-hydrogen) atoms. The first kappa shape index (κ1) is 19.7. The van der Waals surface area contributed by atoms with Crippen LogP contribution in [0.15, 0.2) is 24.3 Å². The molecule has 3 atom stereocenters. The van der Waals surface area contributed by atoms with Crippen LogP contribution < -0.4 is 10.6 Å². The van der Waals surface area contributed by atoms with E-state index in [1.807, 2.05) is 31.2 Å². The molecule has 5 rings (SSSR count). The number of aliphatic hydroxyl groups is 1. The van der Waals surface area contributed by atoms with Crippen LogP contribution in [-0.2, 0) is 6.61 Å². The fourth-order valence-electron chi connectivity index (χ4n) is 4.97. The highest BCUT2D eigenvalue weighted by Gasteiger charge is 2.40. The molecule has 0 spiro atoms. The van der Waals surface area contributed by atoms with E-state index in [1.165, 1.54) is 0 Å². The van der Waals surface area contributed by atoms with Crippen LogP contribution in [0.2, 0.25) is 0 Å². The zero-order chi connectivity index (χ0) is 21.4. The quantitative estimate of drug-likeness (QED) is 0.450. The van der Waals surface area contributed by atoms with Crippen LogP contribution >= 0.6 is 0 Å². The Morgan fingerprint density at radius 2 is 2.00 bits per heavy atom. The van der Waals surface area contributed by atoms with Gasteiger partial charge in [0.25, 0.3) is 0 Å². The number of nitrogens with one attached hydrogen (secondary N) is 3. The van der Waals surface area contributed by atoms with Gasteiger partial charge in [0.15, 0.2) is 5.82 Å². The maximum absolute atomic E-state index is 9.52. The molecule has 160 valence electrons. The number of aryl methyl sites for hydroxylation is 1. The smallest absolute Gasteiger partial charge is 0.153 e. The maximum atomic E-state index is 9.52. The summed E-state index contributed by atoms with van der Waals surface area (Å²) >= 11 is 0. The second-order valence-electron chi connectivity index (χ2n) is 8.47. The Balaban J connectivity index is 1.45. The largest absolute Gasteiger partial charge is 0.390 e. The van der Waals surface area contributed by atoms with Crippen LogP contribution in [0, 0.1) is 18.3 Å². The van der Waals surface area contributed by atoms with Crippen molar-refractivity contribution in [2.24, 2.45) is 0 Å². The van der Waals surface area contributed by atoms with Gasteiger partial charge in [-0.05, 0) is 44.7 Å². The molecule has 2 fully saturated rings. The van der Waals surface area contributed by atoms with Gasteiger partial charge in [-0.25, -0.2) is 4.98 Å². The summed E-state index contributed by atoms with van der Waals surface area (Å²) in [5.74, 6) is 2.12. The predicted octanol–water partition coefficient (Wildman–Crippen LogP) is 2.83. The zero-order valence-electron chi connectivity index (χ0n) is 17.5. The molecule has 2 aliphatic heterocycles.